The van der Waals surface area contributed by atoms with E-state index >= 15 is 0 Å². The van der Waals surface area contributed by atoms with E-state index < -0.39 is 0 Å². The Kier molecular flexibility index (Phi) is 5.16. The molecule has 5 heteroatoms. The molecule has 2 aromatic heterocycles. The predicted molar refractivity (Wildman–Crippen MR) is 99.9 cm³/mol. The molecule has 134 valence electrons. The van der Waals surface area contributed by atoms with Crippen molar-refractivity contribution >= 4 is 5.91 Å². The molecule has 1 amide bonds. The average molecular weight is 349 g/mol. The molecular formula is C21H23N3O2. The SMILES string of the molecule is CCN(C(=O)c1cc(C)on1)C(c1cccnc1)c1cc(C)cc(C)c1. The van der Waals surface area contributed by atoms with E-state index in [0.717, 1.165) is 22.3 Å². The van der Waals surface area contributed by atoms with E-state index in [4.69, 9.17) is 4.52 Å². The quantitative estimate of drug-likeness (QED) is 0.691. The smallest absolute Gasteiger partial charge is 0.276 e. The van der Waals surface area contributed by atoms with Crippen molar-refractivity contribution in [3.63, 3.8) is 0 Å². The number of benzene rings is 1. The van der Waals surface area contributed by atoms with Crippen molar-refractivity contribution in [1.82, 2.24) is 15.0 Å². The first-order valence-electron chi connectivity index (χ1n) is 8.72. The molecule has 26 heavy (non-hydrogen) atoms. The Bertz CT molecular complexity index is 882. The van der Waals surface area contributed by atoms with Crippen LogP contribution < -0.4 is 0 Å². The maximum absolute atomic E-state index is 13.1. The topological polar surface area (TPSA) is 59.2 Å². The van der Waals surface area contributed by atoms with Gasteiger partial charge in [-0.25, -0.2) is 0 Å². The second-order valence-corrected chi connectivity index (χ2v) is 6.52. The Hall–Kier alpha value is -2.95. The molecule has 1 aromatic carbocycles. The van der Waals surface area contributed by atoms with Crippen LogP contribution >= 0.6 is 0 Å². The van der Waals surface area contributed by atoms with Crippen molar-refractivity contribution in [2.75, 3.05) is 6.54 Å². The molecule has 0 fully saturated rings. The number of pyridine rings is 1. The molecule has 0 N–H and O–H groups in total. The zero-order valence-corrected chi connectivity index (χ0v) is 15.6. The molecule has 0 bridgehead atoms. The van der Waals surface area contributed by atoms with Gasteiger partial charge in [-0.1, -0.05) is 40.5 Å². The summed E-state index contributed by atoms with van der Waals surface area (Å²) in [5, 5.41) is 3.91. The van der Waals surface area contributed by atoms with Crippen molar-refractivity contribution in [2.24, 2.45) is 0 Å². The van der Waals surface area contributed by atoms with Crippen molar-refractivity contribution in [2.45, 2.75) is 33.7 Å². The molecule has 2 heterocycles. The molecule has 1 unspecified atom stereocenters. The van der Waals surface area contributed by atoms with E-state index in [1.165, 1.54) is 0 Å². The van der Waals surface area contributed by atoms with Crippen LogP contribution in [-0.2, 0) is 0 Å². The van der Waals surface area contributed by atoms with Gasteiger partial charge >= 0.3 is 0 Å². The third kappa shape index (κ3) is 3.67. The molecule has 3 rings (SSSR count). The third-order valence-electron chi connectivity index (χ3n) is 4.32. The van der Waals surface area contributed by atoms with Crippen molar-refractivity contribution in [1.29, 1.82) is 0 Å². The number of carbonyl (C=O) groups excluding carboxylic acids is 1. The highest BCUT2D eigenvalue weighted by Gasteiger charge is 2.28. The summed E-state index contributed by atoms with van der Waals surface area (Å²) in [6.07, 6.45) is 3.55. The fraction of sp³-hybridized carbons (Fsp3) is 0.286. The minimum atomic E-state index is -0.239. The van der Waals surface area contributed by atoms with Crippen LogP contribution in [0.5, 0.6) is 0 Å². The Morgan fingerprint density at radius 2 is 1.85 bits per heavy atom. The number of nitrogens with zero attached hydrogens (tertiary/aromatic N) is 3. The lowest BCUT2D eigenvalue weighted by atomic mass is 9.95. The summed E-state index contributed by atoms with van der Waals surface area (Å²) in [4.78, 5) is 19.2. The average Bonchev–Trinajstić information content (AvgIpc) is 3.05. The third-order valence-corrected chi connectivity index (χ3v) is 4.32. The highest BCUT2D eigenvalue weighted by molar-refractivity contribution is 5.92. The molecular weight excluding hydrogens is 326 g/mol. The summed E-state index contributed by atoms with van der Waals surface area (Å²) in [7, 11) is 0. The fourth-order valence-corrected chi connectivity index (χ4v) is 3.32. The Morgan fingerprint density at radius 3 is 2.38 bits per heavy atom. The van der Waals surface area contributed by atoms with Crippen LogP contribution in [0, 0.1) is 20.8 Å². The van der Waals surface area contributed by atoms with Gasteiger partial charge in [-0.15, -0.1) is 0 Å². The zero-order valence-electron chi connectivity index (χ0n) is 15.6. The second kappa shape index (κ2) is 7.52. The predicted octanol–water partition coefficient (Wildman–Crippen LogP) is 4.25. The minimum Gasteiger partial charge on any atom is -0.361 e. The number of aryl methyl sites for hydroxylation is 3. The molecule has 0 aliphatic heterocycles. The lowest BCUT2D eigenvalue weighted by Crippen LogP contribution is -2.35. The minimum absolute atomic E-state index is 0.155. The summed E-state index contributed by atoms with van der Waals surface area (Å²) in [5.74, 6) is 0.464. The highest BCUT2D eigenvalue weighted by atomic mass is 16.5. The standard InChI is InChI=1S/C21H23N3O2/c1-5-24(21(25)19-12-16(4)26-23-19)20(17-7-6-8-22-13-17)18-10-14(2)9-15(3)11-18/h6-13,20H,5H2,1-4H3. The van der Waals surface area contributed by atoms with Crippen LogP contribution in [0.15, 0.2) is 53.3 Å². The number of aromatic nitrogens is 2. The first-order chi connectivity index (χ1) is 12.5. The molecule has 0 aliphatic rings. The maximum Gasteiger partial charge on any atom is 0.276 e. The summed E-state index contributed by atoms with van der Waals surface area (Å²) >= 11 is 0. The molecule has 0 radical (unpaired) electrons. The van der Waals surface area contributed by atoms with Crippen LogP contribution in [0.4, 0.5) is 0 Å². The van der Waals surface area contributed by atoms with Gasteiger partial charge in [0.25, 0.3) is 5.91 Å². The summed E-state index contributed by atoms with van der Waals surface area (Å²) in [6.45, 7) is 8.42. The normalized spacial score (nSPS) is 12.0. The molecule has 0 saturated heterocycles. The van der Waals surface area contributed by atoms with Gasteiger partial charge in [-0.2, -0.15) is 0 Å². The second-order valence-electron chi connectivity index (χ2n) is 6.52. The molecule has 0 spiro atoms. The van der Waals surface area contributed by atoms with Crippen molar-refractivity contribution in [3.05, 3.63) is 82.5 Å². The number of hydrogen-bond donors (Lipinski definition) is 0. The molecule has 0 saturated carbocycles. The van der Waals surface area contributed by atoms with Gasteiger partial charge in [0.15, 0.2) is 5.69 Å². The van der Waals surface area contributed by atoms with Crippen LogP contribution in [0.25, 0.3) is 0 Å². The summed E-state index contributed by atoms with van der Waals surface area (Å²) < 4.78 is 5.10. The van der Waals surface area contributed by atoms with Crippen molar-refractivity contribution < 1.29 is 9.32 Å². The Morgan fingerprint density at radius 1 is 1.12 bits per heavy atom. The molecule has 5 nitrogen and oxygen atoms in total. The zero-order chi connectivity index (χ0) is 18.7. The Labute approximate surface area is 153 Å². The summed E-state index contributed by atoms with van der Waals surface area (Å²) in [6, 6.07) is 11.7. The largest absolute Gasteiger partial charge is 0.361 e. The van der Waals surface area contributed by atoms with E-state index in [0.29, 0.717) is 18.0 Å². The van der Waals surface area contributed by atoms with Gasteiger partial charge in [0.2, 0.25) is 0 Å². The Balaban J connectivity index is 2.10. The van der Waals surface area contributed by atoms with Gasteiger partial charge in [-0.3, -0.25) is 9.78 Å². The van der Waals surface area contributed by atoms with Gasteiger partial charge in [0.05, 0.1) is 6.04 Å². The van der Waals surface area contributed by atoms with Gasteiger partial charge in [0, 0.05) is 25.0 Å². The van der Waals surface area contributed by atoms with E-state index in [2.05, 4.69) is 42.2 Å². The molecule has 3 aromatic rings. The first-order valence-corrected chi connectivity index (χ1v) is 8.72. The number of carbonyl (C=O) groups is 1. The van der Waals surface area contributed by atoms with Crippen LogP contribution in [0.1, 0.15) is 51.5 Å². The van der Waals surface area contributed by atoms with Crippen LogP contribution in [0.2, 0.25) is 0 Å². The van der Waals surface area contributed by atoms with E-state index in [-0.39, 0.29) is 11.9 Å². The van der Waals surface area contributed by atoms with Gasteiger partial charge in [0.1, 0.15) is 5.76 Å². The van der Waals surface area contributed by atoms with Crippen LogP contribution in [0.3, 0.4) is 0 Å². The van der Waals surface area contributed by atoms with Crippen LogP contribution in [-0.4, -0.2) is 27.5 Å². The van der Waals surface area contributed by atoms with E-state index in [9.17, 15) is 4.79 Å². The van der Waals surface area contributed by atoms with E-state index in [1.807, 2.05) is 30.2 Å². The van der Waals surface area contributed by atoms with E-state index in [1.54, 1.807) is 19.2 Å². The first kappa shape index (κ1) is 17.9. The lowest BCUT2D eigenvalue weighted by Gasteiger charge is -2.31. The number of rotatable bonds is 5. The highest BCUT2D eigenvalue weighted by Crippen LogP contribution is 2.30. The molecule has 0 aliphatic carbocycles. The summed E-state index contributed by atoms with van der Waals surface area (Å²) in [5.41, 5.74) is 4.67. The van der Waals surface area contributed by atoms with Crippen molar-refractivity contribution in [3.8, 4) is 0 Å². The van der Waals surface area contributed by atoms with Gasteiger partial charge in [-0.05, 0) is 44.9 Å². The maximum atomic E-state index is 13.1. The fourth-order valence-electron chi connectivity index (χ4n) is 3.32. The van der Waals surface area contributed by atoms with Gasteiger partial charge < -0.3 is 9.42 Å². The molecule has 1 atom stereocenters. The lowest BCUT2D eigenvalue weighted by molar-refractivity contribution is 0.0706. The monoisotopic (exact) mass is 349 g/mol. The number of hydrogen-bond acceptors (Lipinski definition) is 4. The number of amides is 1.